The van der Waals surface area contributed by atoms with Crippen LogP contribution < -0.4 is 10.5 Å². The summed E-state index contributed by atoms with van der Waals surface area (Å²) in [6, 6.07) is 10.3. The van der Waals surface area contributed by atoms with Crippen molar-refractivity contribution in [2.75, 3.05) is 7.11 Å². The van der Waals surface area contributed by atoms with Gasteiger partial charge < -0.3 is 10.5 Å². The second-order valence-electron chi connectivity index (χ2n) is 3.60. The average Bonchev–Trinajstić information content (AvgIpc) is 2.76. The van der Waals surface area contributed by atoms with Gasteiger partial charge >= 0.3 is 0 Å². The Hall–Kier alpha value is -1.03. The molecule has 1 aromatic heterocycles. The summed E-state index contributed by atoms with van der Waals surface area (Å²) in [5, 5.41) is 2.09. The molecule has 2 nitrogen and oxygen atoms in total. The number of hydrogen-bond donors (Lipinski definition) is 1. The van der Waals surface area contributed by atoms with Crippen molar-refractivity contribution in [3.05, 3.63) is 51.7 Å². The maximum absolute atomic E-state index is 5.69. The number of rotatable bonds is 4. The molecule has 0 radical (unpaired) electrons. The summed E-state index contributed by atoms with van der Waals surface area (Å²) in [7, 11) is 1.69. The fraction of sp³-hybridized carbons (Fsp3) is 0.231. The van der Waals surface area contributed by atoms with E-state index in [0.717, 1.165) is 12.2 Å². The van der Waals surface area contributed by atoms with E-state index in [-0.39, 0.29) is 12.4 Å². The lowest BCUT2D eigenvalue weighted by molar-refractivity contribution is 0.414. The molecule has 0 aliphatic carbocycles. The molecule has 17 heavy (non-hydrogen) atoms. The Bertz CT molecular complexity index is 470. The first-order valence-electron chi connectivity index (χ1n) is 5.21. The molecule has 0 aliphatic rings. The maximum atomic E-state index is 5.69. The molecule has 2 aromatic rings. The van der Waals surface area contributed by atoms with Gasteiger partial charge in [-0.05, 0) is 41.1 Å². The topological polar surface area (TPSA) is 35.2 Å². The third-order valence-corrected chi connectivity index (χ3v) is 3.54. The zero-order chi connectivity index (χ0) is 11.4. The number of hydrogen-bond acceptors (Lipinski definition) is 3. The Kier molecular flexibility index (Phi) is 5.48. The van der Waals surface area contributed by atoms with Crippen LogP contribution >= 0.6 is 23.7 Å². The first-order valence-corrected chi connectivity index (χ1v) is 6.09. The molecule has 2 rings (SSSR count). The van der Waals surface area contributed by atoms with Crippen LogP contribution in [0, 0.1) is 0 Å². The van der Waals surface area contributed by atoms with E-state index in [0.29, 0.717) is 6.54 Å². The third kappa shape index (κ3) is 3.46. The Morgan fingerprint density at radius 1 is 1.29 bits per heavy atom. The molecule has 0 bridgehead atoms. The van der Waals surface area contributed by atoms with Crippen LogP contribution in [0.15, 0.2) is 35.7 Å². The molecular weight excluding hydrogens is 254 g/mol. The van der Waals surface area contributed by atoms with Crippen molar-refractivity contribution in [1.82, 2.24) is 0 Å². The fourth-order valence-electron chi connectivity index (χ4n) is 1.71. The van der Waals surface area contributed by atoms with Crippen molar-refractivity contribution in [3.8, 4) is 5.75 Å². The van der Waals surface area contributed by atoms with Crippen LogP contribution in [0.25, 0.3) is 0 Å². The maximum Gasteiger partial charge on any atom is 0.119 e. The first kappa shape index (κ1) is 14.0. The van der Waals surface area contributed by atoms with Crippen molar-refractivity contribution < 1.29 is 4.74 Å². The molecule has 1 heterocycles. The molecule has 0 unspecified atom stereocenters. The summed E-state index contributed by atoms with van der Waals surface area (Å²) in [6.07, 6.45) is 0.924. The van der Waals surface area contributed by atoms with E-state index in [1.54, 1.807) is 18.4 Å². The van der Waals surface area contributed by atoms with E-state index in [2.05, 4.69) is 23.6 Å². The summed E-state index contributed by atoms with van der Waals surface area (Å²) in [5.41, 5.74) is 8.27. The van der Waals surface area contributed by atoms with Crippen LogP contribution in [0.2, 0.25) is 0 Å². The molecule has 2 N–H and O–H groups in total. The smallest absolute Gasteiger partial charge is 0.119 e. The van der Waals surface area contributed by atoms with E-state index in [4.69, 9.17) is 10.5 Å². The van der Waals surface area contributed by atoms with Gasteiger partial charge in [0.2, 0.25) is 0 Å². The van der Waals surface area contributed by atoms with Gasteiger partial charge in [-0.25, -0.2) is 0 Å². The van der Waals surface area contributed by atoms with Gasteiger partial charge in [-0.15, -0.1) is 23.7 Å². The highest BCUT2D eigenvalue weighted by Crippen LogP contribution is 2.21. The van der Waals surface area contributed by atoms with Gasteiger partial charge in [0.05, 0.1) is 7.11 Å². The Balaban J connectivity index is 0.00000144. The van der Waals surface area contributed by atoms with Gasteiger partial charge in [0.25, 0.3) is 0 Å². The van der Waals surface area contributed by atoms with Crippen LogP contribution in [0.3, 0.4) is 0 Å². The van der Waals surface area contributed by atoms with Gasteiger partial charge in [-0.2, -0.15) is 0 Å². The minimum atomic E-state index is 0. The molecule has 1 aromatic carbocycles. The monoisotopic (exact) mass is 269 g/mol. The lowest BCUT2D eigenvalue weighted by Gasteiger charge is -2.05. The zero-order valence-electron chi connectivity index (χ0n) is 9.68. The molecule has 0 fully saturated rings. The molecule has 0 saturated carbocycles. The molecule has 0 aliphatic heterocycles. The molecule has 0 spiro atoms. The fourth-order valence-corrected chi connectivity index (χ4v) is 2.49. The minimum Gasteiger partial charge on any atom is -0.497 e. The summed E-state index contributed by atoms with van der Waals surface area (Å²) < 4.78 is 5.21. The van der Waals surface area contributed by atoms with Crippen LogP contribution in [0.4, 0.5) is 0 Å². The zero-order valence-corrected chi connectivity index (χ0v) is 11.3. The Labute approximate surface area is 112 Å². The lowest BCUT2D eigenvalue weighted by atomic mass is 10.1. The van der Waals surface area contributed by atoms with Crippen LogP contribution in [0.1, 0.15) is 16.0 Å². The quantitative estimate of drug-likeness (QED) is 0.925. The van der Waals surface area contributed by atoms with Gasteiger partial charge in [0.1, 0.15) is 5.75 Å². The Morgan fingerprint density at radius 2 is 2.12 bits per heavy atom. The molecule has 0 amide bonds. The predicted molar refractivity (Wildman–Crippen MR) is 75.3 cm³/mol. The molecule has 92 valence electrons. The van der Waals surface area contributed by atoms with E-state index in [9.17, 15) is 0 Å². The average molecular weight is 270 g/mol. The van der Waals surface area contributed by atoms with Crippen molar-refractivity contribution in [1.29, 1.82) is 0 Å². The normalized spacial score (nSPS) is 9.76. The van der Waals surface area contributed by atoms with E-state index >= 15 is 0 Å². The van der Waals surface area contributed by atoms with E-state index < -0.39 is 0 Å². The van der Waals surface area contributed by atoms with Gasteiger partial charge in [0.15, 0.2) is 0 Å². The highest BCUT2D eigenvalue weighted by Gasteiger charge is 2.04. The van der Waals surface area contributed by atoms with Gasteiger partial charge in [-0.3, -0.25) is 0 Å². The van der Waals surface area contributed by atoms with Crippen molar-refractivity contribution in [3.63, 3.8) is 0 Å². The summed E-state index contributed by atoms with van der Waals surface area (Å²) in [5.74, 6) is 0.905. The van der Waals surface area contributed by atoms with Crippen molar-refractivity contribution in [2.45, 2.75) is 13.0 Å². The van der Waals surface area contributed by atoms with Crippen LogP contribution in [0.5, 0.6) is 5.75 Å². The largest absolute Gasteiger partial charge is 0.497 e. The predicted octanol–water partition coefficient (Wildman–Crippen LogP) is 3.23. The summed E-state index contributed by atoms with van der Waals surface area (Å²) >= 11 is 1.72. The second kappa shape index (κ2) is 6.64. The lowest BCUT2D eigenvalue weighted by Crippen LogP contribution is -1.98. The number of benzene rings is 1. The SMILES string of the molecule is COc1cccc(Cc2ccsc2CN)c1.Cl. The number of nitrogens with two attached hydrogens (primary N) is 1. The molecule has 0 atom stereocenters. The van der Waals surface area contributed by atoms with Gasteiger partial charge in [0, 0.05) is 11.4 Å². The van der Waals surface area contributed by atoms with Crippen molar-refractivity contribution >= 4 is 23.7 Å². The molecular formula is C13H16ClNOS. The van der Waals surface area contributed by atoms with Crippen molar-refractivity contribution in [2.24, 2.45) is 5.73 Å². The highest BCUT2D eigenvalue weighted by atomic mass is 35.5. The third-order valence-electron chi connectivity index (χ3n) is 2.55. The highest BCUT2D eigenvalue weighted by molar-refractivity contribution is 7.10. The molecule has 4 heteroatoms. The van der Waals surface area contributed by atoms with Gasteiger partial charge in [-0.1, -0.05) is 12.1 Å². The molecule has 0 saturated heterocycles. The number of thiophene rings is 1. The minimum absolute atomic E-state index is 0. The summed E-state index contributed by atoms with van der Waals surface area (Å²) in [6.45, 7) is 0.622. The second-order valence-corrected chi connectivity index (χ2v) is 4.60. The first-order chi connectivity index (χ1) is 7.83. The number of ether oxygens (including phenoxy) is 1. The van der Waals surface area contributed by atoms with Crippen LogP contribution in [-0.4, -0.2) is 7.11 Å². The number of halogens is 1. The van der Waals surface area contributed by atoms with Crippen LogP contribution in [-0.2, 0) is 13.0 Å². The Morgan fingerprint density at radius 3 is 2.82 bits per heavy atom. The number of methoxy groups -OCH3 is 1. The van der Waals surface area contributed by atoms with E-state index in [1.807, 2.05) is 12.1 Å². The summed E-state index contributed by atoms with van der Waals surface area (Å²) in [4.78, 5) is 1.27. The standard InChI is InChI=1S/C13H15NOS.ClH/c1-15-12-4-2-3-10(8-12)7-11-5-6-16-13(11)9-14;/h2-6,8H,7,9,14H2,1H3;1H. The van der Waals surface area contributed by atoms with E-state index in [1.165, 1.54) is 16.0 Å².